The van der Waals surface area contributed by atoms with Crippen molar-refractivity contribution in [2.45, 2.75) is 70.4 Å². The van der Waals surface area contributed by atoms with Gasteiger partial charge < -0.3 is 10.1 Å². The van der Waals surface area contributed by atoms with Crippen molar-refractivity contribution >= 4 is 11.8 Å². The van der Waals surface area contributed by atoms with E-state index in [4.69, 9.17) is 4.74 Å². The summed E-state index contributed by atoms with van der Waals surface area (Å²) in [6, 6.07) is 0.748. The van der Waals surface area contributed by atoms with Crippen LogP contribution in [0, 0.1) is 17.8 Å². The van der Waals surface area contributed by atoms with E-state index < -0.39 is 0 Å². The van der Waals surface area contributed by atoms with Gasteiger partial charge >= 0.3 is 0 Å². The summed E-state index contributed by atoms with van der Waals surface area (Å²) in [5.41, 5.74) is 0.240. The zero-order valence-electron chi connectivity index (χ0n) is 13.9. The molecule has 21 heavy (non-hydrogen) atoms. The van der Waals surface area contributed by atoms with Gasteiger partial charge in [-0.15, -0.1) is 0 Å². The highest BCUT2D eigenvalue weighted by molar-refractivity contribution is 7.99. The molecule has 1 N–H and O–H groups in total. The van der Waals surface area contributed by atoms with Crippen LogP contribution in [0.1, 0.15) is 58.8 Å². The SMILES string of the molecule is CCNC(C1CCC(CC)C1)C1CCOC2(CCSC2)C1. The molecule has 0 bridgehead atoms. The van der Waals surface area contributed by atoms with E-state index in [9.17, 15) is 0 Å². The van der Waals surface area contributed by atoms with E-state index in [1.54, 1.807) is 0 Å². The van der Waals surface area contributed by atoms with Crippen molar-refractivity contribution in [3.05, 3.63) is 0 Å². The average Bonchev–Trinajstić information content (AvgIpc) is 3.14. The van der Waals surface area contributed by atoms with E-state index in [2.05, 4.69) is 30.9 Å². The van der Waals surface area contributed by atoms with Gasteiger partial charge in [0.25, 0.3) is 0 Å². The molecule has 0 radical (unpaired) electrons. The number of ether oxygens (including phenoxy) is 1. The molecule has 3 rings (SSSR count). The molecular weight excluding hydrogens is 278 g/mol. The van der Waals surface area contributed by atoms with Crippen molar-refractivity contribution in [1.29, 1.82) is 0 Å². The van der Waals surface area contributed by atoms with Gasteiger partial charge in [-0.25, -0.2) is 0 Å². The van der Waals surface area contributed by atoms with Gasteiger partial charge in [-0.1, -0.05) is 26.7 Å². The third kappa shape index (κ3) is 3.61. The average molecular weight is 312 g/mol. The lowest BCUT2D eigenvalue weighted by Gasteiger charge is -2.43. The molecule has 0 amide bonds. The Balaban J connectivity index is 1.65. The van der Waals surface area contributed by atoms with E-state index in [-0.39, 0.29) is 5.60 Å². The van der Waals surface area contributed by atoms with E-state index in [1.165, 1.54) is 56.5 Å². The van der Waals surface area contributed by atoms with Crippen molar-refractivity contribution in [2.75, 3.05) is 24.7 Å². The summed E-state index contributed by atoms with van der Waals surface area (Å²) < 4.78 is 6.24. The Morgan fingerprint density at radius 2 is 2.14 bits per heavy atom. The summed E-state index contributed by atoms with van der Waals surface area (Å²) in [4.78, 5) is 0. The van der Waals surface area contributed by atoms with Crippen molar-refractivity contribution in [3.8, 4) is 0 Å². The second kappa shape index (κ2) is 7.23. The summed E-state index contributed by atoms with van der Waals surface area (Å²) in [6.45, 7) is 6.77. The first-order valence-corrected chi connectivity index (χ1v) is 10.4. The number of hydrogen-bond acceptors (Lipinski definition) is 3. The Labute approximate surface area is 135 Å². The zero-order valence-corrected chi connectivity index (χ0v) is 14.7. The number of hydrogen-bond donors (Lipinski definition) is 1. The molecular formula is C18H33NOS. The minimum Gasteiger partial charge on any atom is -0.374 e. The van der Waals surface area contributed by atoms with Gasteiger partial charge in [-0.3, -0.25) is 0 Å². The van der Waals surface area contributed by atoms with Gasteiger partial charge in [0.1, 0.15) is 0 Å². The molecule has 0 aromatic heterocycles. The Bertz CT molecular complexity index is 329. The minimum absolute atomic E-state index is 0.240. The van der Waals surface area contributed by atoms with Crippen LogP contribution in [0.3, 0.4) is 0 Å². The highest BCUT2D eigenvalue weighted by atomic mass is 32.2. The molecule has 1 aliphatic carbocycles. The van der Waals surface area contributed by atoms with Crippen LogP contribution in [0.5, 0.6) is 0 Å². The normalized spacial score (nSPS) is 41.7. The van der Waals surface area contributed by atoms with Crippen molar-refractivity contribution in [3.63, 3.8) is 0 Å². The maximum absolute atomic E-state index is 6.24. The van der Waals surface area contributed by atoms with E-state index in [1.807, 2.05) is 0 Å². The van der Waals surface area contributed by atoms with Crippen LogP contribution in [-0.2, 0) is 4.74 Å². The van der Waals surface area contributed by atoms with Gasteiger partial charge in [0.15, 0.2) is 0 Å². The van der Waals surface area contributed by atoms with Crippen LogP contribution in [0.15, 0.2) is 0 Å². The van der Waals surface area contributed by atoms with Crippen LogP contribution in [-0.4, -0.2) is 36.3 Å². The summed E-state index contributed by atoms with van der Waals surface area (Å²) in [7, 11) is 0. The molecule has 2 aliphatic heterocycles. The quantitative estimate of drug-likeness (QED) is 0.826. The van der Waals surface area contributed by atoms with E-state index >= 15 is 0 Å². The Morgan fingerprint density at radius 1 is 1.24 bits per heavy atom. The van der Waals surface area contributed by atoms with Crippen LogP contribution in [0.4, 0.5) is 0 Å². The fourth-order valence-electron chi connectivity index (χ4n) is 5.00. The maximum atomic E-state index is 6.24. The highest BCUT2D eigenvalue weighted by Crippen LogP contribution is 2.45. The molecule has 2 heterocycles. The van der Waals surface area contributed by atoms with Crippen molar-refractivity contribution in [1.82, 2.24) is 5.32 Å². The number of rotatable bonds is 5. The lowest BCUT2D eigenvalue weighted by Crippen LogP contribution is -2.49. The number of nitrogens with one attached hydrogen (secondary N) is 1. The largest absolute Gasteiger partial charge is 0.374 e. The molecule has 3 heteroatoms. The molecule has 0 aromatic carbocycles. The van der Waals surface area contributed by atoms with Gasteiger partial charge in [0.2, 0.25) is 0 Å². The summed E-state index contributed by atoms with van der Waals surface area (Å²) in [5, 5.41) is 3.88. The first-order valence-electron chi connectivity index (χ1n) is 9.21. The fraction of sp³-hybridized carbons (Fsp3) is 1.00. The number of thioether (sulfide) groups is 1. The molecule has 2 saturated heterocycles. The maximum Gasteiger partial charge on any atom is 0.0783 e. The van der Waals surface area contributed by atoms with Crippen molar-refractivity contribution < 1.29 is 4.74 Å². The first kappa shape index (κ1) is 16.1. The van der Waals surface area contributed by atoms with Crippen LogP contribution in [0.25, 0.3) is 0 Å². The second-order valence-corrected chi connectivity index (χ2v) is 8.62. The minimum atomic E-state index is 0.240. The topological polar surface area (TPSA) is 21.3 Å². The molecule has 3 fully saturated rings. The summed E-state index contributed by atoms with van der Waals surface area (Å²) >= 11 is 2.10. The van der Waals surface area contributed by atoms with Gasteiger partial charge in [0.05, 0.1) is 5.60 Å². The fourth-order valence-corrected chi connectivity index (χ4v) is 6.38. The third-order valence-corrected chi connectivity index (χ3v) is 7.44. The predicted octanol–water partition coefficient (Wildman–Crippen LogP) is 4.09. The molecule has 5 unspecified atom stereocenters. The molecule has 5 atom stereocenters. The van der Waals surface area contributed by atoms with Gasteiger partial charge in [-0.05, 0) is 62.2 Å². The summed E-state index contributed by atoms with van der Waals surface area (Å²) in [6.07, 6.45) is 9.64. The van der Waals surface area contributed by atoms with E-state index in [0.29, 0.717) is 0 Å². The van der Waals surface area contributed by atoms with Crippen LogP contribution >= 0.6 is 11.8 Å². The molecule has 1 saturated carbocycles. The van der Waals surface area contributed by atoms with Gasteiger partial charge in [-0.2, -0.15) is 11.8 Å². The Hall–Kier alpha value is 0.270. The lowest BCUT2D eigenvalue weighted by molar-refractivity contribution is -0.0882. The molecule has 122 valence electrons. The van der Waals surface area contributed by atoms with Crippen LogP contribution in [0.2, 0.25) is 0 Å². The smallest absolute Gasteiger partial charge is 0.0783 e. The van der Waals surface area contributed by atoms with Crippen molar-refractivity contribution in [2.24, 2.45) is 17.8 Å². The third-order valence-electron chi connectivity index (χ3n) is 6.21. The van der Waals surface area contributed by atoms with Crippen LogP contribution < -0.4 is 5.32 Å². The molecule has 1 spiro atoms. The molecule has 0 aromatic rings. The lowest BCUT2D eigenvalue weighted by atomic mass is 9.76. The Morgan fingerprint density at radius 3 is 2.81 bits per heavy atom. The predicted molar refractivity (Wildman–Crippen MR) is 91.9 cm³/mol. The highest BCUT2D eigenvalue weighted by Gasteiger charge is 2.44. The van der Waals surface area contributed by atoms with Gasteiger partial charge in [0, 0.05) is 18.4 Å². The molecule has 3 aliphatic rings. The summed E-state index contributed by atoms with van der Waals surface area (Å²) in [5.74, 6) is 5.30. The monoisotopic (exact) mass is 311 g/mol. The second-order valence-electron chi connectivity index (χ2n) is 7.52. The standard InChI is InChI=1S/C18H33NOS/c1-3-14-5-6-15(11-14)17(19-4-2)16-7-9-20-18(12-16)8-10-21-13-18/h14-17,19H,3-13H2,1-2H3. The zero-order chi connectivity index (χ0) is 14.7. The Kier molecular flexibility index (Phi) is 5.55. The molecule has 2 nitrogen and oxygen atoms in total. The first-order chi connectivity index (χ1) is 10.3. The van der Waals surface area contributed by atoms with E-state index in [0.717, 1.165) is 36.9 Å².